The topological polar surface area (TPSA) is 47.0 Å². The van der Waals surface area contributed by atoms with Crippen molar-refractivity contribution < 1.29 is 4.74 Å². The summed E-state index contributed by atoms with van der Waals surface area (Å²) in [6.45, 7) is 9.10. The molecule has 0 radical (unpaired) electrons. The summed E-state index contributed by atoms with van der Waals surface area (Å²) in [5, 5.41) is 3.40. The van der Waals surface area contributed by atoms with Crippen molar-refractivity contribution in [3.8, 4) is 0 Å². The minimum atomic E-state index is -0.256. The van der Waals surface area contributed by atoms with E-state index < -0.39 is 0 Å². The highest BCUT2D eigenvalue weighted by Gasteiger charge is 2.41. The fraction of sp³-hybridized carbons (Fsp3) is 0.765. The van der Waals surface area contributed by atoms with Crippen LogP contribution in [0.3, 0.4) is 0 Å². The van der Waals surface area contributed by atoms with Gasteiger partial charge in [-0.3, -0.25) is 0 Å². The van der Waals surface area contributed by atoms with Crippen molar-refractivity contribution in [1.82, 2.24) is 15.3 Å². The average molecular weight is 289 g/mol. The molecule has 0 amide bonds. The second-order valence-electron chi connectivity index (χ2n) is 6.51. The van der Waals surface area contributed by atoms with Gasteiger partial charge in [0.2, 0.25) is 0 Å². The van der Waals surface area contributed by atoms with Crippen LogP contribution >= 0.6 is 0 Å². The van der Waals surface area contributed by atoms with Gasteiger partial charge in [0.05, 0.1) is 5.69 Å². The predicted octanol–water partition coefficient (Wildman–Crippen LogP) is 3.08. The van der Waals surface area contributed by atoms with Crippen LogP contribution in [0.15, 0.2) is 0 Å². The van der Waals surface area contributed by atoms with Gasteiger partial charge in [-0.15, -0.1) is 0 Å². The molecule has 0 bridgehead atoms. The third kappa shape index (κ3) is 2.71. The highest BCUT2D eigenvalue weighted by atomic mass is 16.5. The average Bonchev–Trinajstić information content (AvgIpc) is 2.95. The first-order valence-electron chi connectivity index (χ1n) is 8.42. The fourth-order valence-corrected chi connectivity index (χ4v) is 3.91. The maximum atomic E-state index is 6.24. The number of nitrogens with one attached hydrogen (secondary N) is 1. The molecule has 2 heterocycles. The molecule has 3 rings (SSSR count). The van der Waals surface area contributed by atoms with Gasteiger partial charge in [-0.05, 0) is 38.5 Å². The molecule has 1 saturated carbocycles. The lowest BCUT2D eigenvalue weighted by Crippen LogP contribution is -2.37. The Hall–Kier alpha value is -1.00. The quantitative estimate of drug-likeness (QED) is 0.925. The van der Waals surface area contributed by atoms with E-state index >= 15 is 0 Å². The third-order valence-corrected chi connectivity index (χ3v) is 4.89. The molecule has 21 heavy (non-hydrogen) atoms. The van der Waals surface area contributed by atoms with E-state index in [4.69, 9.17) is 14.7 Å². The van der Waals surface area contributed by atoms with Crippen LogP contribution in [0.4, 0.5) is 0 Å². The van der Waals surface area contributed by atoms with Crippen molar-refractivity contribution in [2.75, 3.05) is 6.61 Å². The van der Waals surface area contributed by atoms with E-state index in [1.165, 1.54) is 29.8 Å². The van der Waals surface area contributed by atoms with E-state index in [1.54, 1.807) is 0 Å². The molecule has 0 aromatic carbocycles. The molecule has 0 saturated heterocycles. The van der Waals surface area contributed by atoms with E-state index in [0.29, 0.717) is 5.92 Å². The van der Waals surface area contributed by atoms with Gasteiger partial charge in [-0.2, -0.15) is 0 Å². The summed E-state index contributed by atoms with van der Waals surface area (Å²) >= 11 is 0. The Morgan fingerprint density at radius 2 is 2.14 bits per heavy atom. The van der Waals surface area contributed by atoms with Gasteiger partial charge >= 0.3 is 0 Å². The Balaban J connectivity index is 2.03. The van der Waals surface area contributed by atoms with Crippen LogP contribution in [0.25, 0.3) is 0 Å². The van der Waals surface area contributed by atoms with E-state index in [0.717, 1.165) is 44.8 Å². The van der Waals surface area contributed by atoms with Crippen molar-refractivity contribution in [1.29, 1.82) is 0 Å². The molecular weight excluding hydrogens is 262 g/mol. The predicted molar refractivity (Wildman–Crippen MR) is 82.9 cm³/mol. The Labute approximate surface area is 127 Å². The second kappa shape index (κ2) is 6.01. The van der Waals surface area contributed by atoms with Crippen molar-refractivity contribution in [3.05, 3.63) is 22.8 Å². The standard InChI is InChI=1S/C17H27N3O/c1-4-14-13-10-18-11-15(13)20-16(19-14)17(21-5-2)8-6-7-12(3)9-17/h12,18H,4-11H2,1-3H3. The van der Waals surface area contributed by atoms with Crippen molar-refractivity contribution in [3.63, 3.8) is 0 Å². The number of rotatable bonds is 4. The molecule has 4 nitrogen and oxygen atoms in total. The van der Waals surface area contributed by atoms with Crippen LogP contribution < -0.4 is 5.32 Å². The van der Waals surface area contributed by atoms with Crippen LogP contribution in [0.2, 0.25) is 0 Å². The minimum absolute atomic E-state index is 0.256. The van der Waals surface area contributed by atoms with Gasteiger partial charge in [0.25, 0.3) is 0 Å². The minimum Gasteiger partial charge on any atom is -0.367 e. The molecule has 116 valence electrons. The summed E-state index contributed by atoms with van der Waals surface area (Å²) in [5.41, 5.74) is 3.46. The summed E-state index contributed by atoms with van der Waals surface area (Å²) in [6, 6.07) is 0. The first-order valence-corrected chi connectivity index (χ1v) is 8.42. The van der Waals surface area contributed by atoms with E-state index in [9.17, 15) is 0 Å². The lowest BCUT2D eigenvalue weighted by Gasteiger charge is -2.38. The molecule has 2 atom stereocenters. The molecule has 0 spiro atoms. The number of aryl methyl sites for hydroxylation is 1. The molecule has 2 unspecified atom stereocenters. The highest BCUT2D eigenvalue weighted by Crippen LogP contribution is 2.42. The Morgan fingerprint density at radius 3 is 2.86 bits per heavy atom. The lowest BCUT2D eigenvalue weighted by molar-refractivity contribution is -0.0883. The van der Waals surface area contributed by atoms with Crippen LogP contribution in [-0.4, -0.2) is 16.6 Å². The van der Waals surface area contributed by atoms with Gasteiger partial charge in [-0.25, -0.2) is 9.97 Å². The molecule has 1 aliphatic carbocycles. The Morgan fingerprint density at radius 1 is 1.29 bits per heavy atom. The summed E-state index contributed by atoms with van der Waals surface area (Å²) < 4.78 is 6.24. The van der Waals surface area contributed by atoms with Crippen molar-refractivity contribution >= 4 is 0 Å². The lowest BCUT2D eigenvalue weighted by atomic mass is 9.78. The number of hydrogen-bond donors (Lipinski definition) is 1. The Bertz CT molecular complexity index is 513. The fourth-order valence-electron chi connectivity index (χ4n) is 3.91. The zero-order chi connectivity index (χ0) is 14.9. The molecule has 2 aliphatic rings. The van der Waals surface area contributed by atoms with Gasteiger partial charge in [0.1, 0.15) is 5.60 Å². The van der Waals surface area contributed by atoms with Crippen LogP contribution in [-0.2, 0) is 29.8 Å². The van der Waals surface area contributed by atoms with Gasteiger partial charge in [0, 0.05) is 31.0 Å². The van der Waals surface area contributed by atoms with Gasteiger partial charge < -0.3 is 10.1 Å². The smallest absolute Gasteiger partial charge is 0.160 e. The van der Waals surface area contributed by atoms with E-state index in [1.807, 2.05) is 0 Å². The number of ether oxygens (including phenoxy) is 1. The molecule has 1 aliphatic heterocycles. The largest absolute Gasteiger partial charge is 0.367 e. The normalized spacial score (nSPS) is 28.6. The third-order valence-electron chi connectivity index (χ3n) is 4.89. The zero-order valence-corrected chi connectivity index (χ0v) is 13.5. The van der Waals surface area contributed by atoms with Crippen molar-refractivity contribution in [2.45, 2.75) is 71.6 Å². The molecule has 1 aromatic rings. The van der Waals surface area contributed by atoms with E-state index in [-0.39, 0.29) is 5.60 Å². The summed E-state index contributed by atoms with van der Waals surface area (Å²) in [5.74, 6) is 1.63. The number of nitrogens with zero attached hydrogens (tertiary/aromatic N) is 2. The molecule has 1 aromatic heterocycles. The van der Waals surface area contributed by atoms with Crippen LogP contribution in [0.1, 0.15) is 69.2 Å². The monoisotopic (exact) mass is 289 g/mol. The highest BCUT2D eigenvalue weighted by molar-refractivity contribution is 5.30. The van der Waals surface area contributed by atoms with Crippen molar-refractivity contribution in [2.24, 2.45) is 5.92 Å². The summed E-state index contributed by atoms with van der Waals surface area (Å²) in [4.78, 5) is 9.85. The van der Waals surface area contributed by atoms with E-state index in [2.05, 4.69) is 26.1 Å². The molecular formula is C17H27N3O. The van der Waals surface area contributed by atoms with Crippen LogP contribution in [0, 0.1) is 5.92 Å². The molecule has 4 heteroatoms. The Kier molecular flexibility index (Phi) is 4.27. The number of hydrogen-bond acceptors (Lipinski definition) is 4. The SMILES string of the molecule is CCOC1(c2nc(CC)c3c(n2)CNC3)CCCC(C)C1. The second-order valence-corrected chi connectivity index (χ2v) is 6.51. The maximum absolute atomic E-state index is 6.24. The number of aromatic nitrogens is 2. The summed E-state index contributed by atoms with van der Waals surface area (Å²) in [7, 11) is 0. The first-order chi connectivity index (χ1) is 10.2. The maximum Gasteiger partial charge on any atom is 0.160 e. The first kappa shape index (κ1) is 14.9. The van der Waals surface area contributed by atoms with Gasteiger partial charge in [0.15, 0.2) is 5.82 Å². The van der Waals surface area contributed by atoms with Crippen LogP contribution in [0.5, 0.6) is 0 Å². The number of fused-ring (bicyclic) bond motifs is 1. The summed E-state index contributed by atoms with van der Waals surface area (Å²) in [6.07, 6.45) is 5.58. The molecule has 1 fully saturated rings. The molecule has 1 N–H and O–H groups in total. The van der Waals surface area contributed by atoms with Gasteiger partial charge in [-0.1, -0.05) is 20.3 Å². The zero-order valence-electron chi connectivity index (χ0n) is 13.5.